The van der Waals surface area contributed by atoms with Gasteiger partial charge >= 0.3 is 0 Å². The van der Waals surface area contributed by atoms with Crippen LogP contribution in [0, 0.1) is 0 Å². The Hall–Kier alpha value is -0.420. The highest BCUT2D eigenvalue weighted by Crippen LogP contribution is 2.28. The molecule has 0 amide bonds. The van der Waals surface area contributed by atoms with E-state index in [4.69, 9.17) is 0 Å². The molecule has 1 aliphatic rings. The fourth-order valence-corrected chi connectivity index (χ4v) is 3.79. The van der Waals surface area contributed by atoms with Crippen molar-refractivity contribution >= 4 is 15.8 Å². The van der Waals surface area contributed by atoms with Crippen molar-refractivity contribution in [2.75, 3.05) is 12.3 Å². The zero-order valence-corrected chi connectivity index (χ0v) is 10.4. The van der Waals surface area contributed by atoms with Gasteiger partial charge in [0.2, 0.25) is 10.0 Å². The fraction of sp³-hybridized carbons (Fsp3) is 0.900. The normalized spacial score (nSPS) is 23.0. The van der Waals surface area contributed by atoms with Gasteiger partial charge in [0.05, 0.1) is 12.3 Å². The van der Waals surface area contributed by atoms with E-state index in [1.165, 1.54) is 4.31 Å². The molecule has 1 heterocycles. The first-order chi connectivity index (χ1) is 6.79. The van der Waals surface area contributed by atoms with Crippen molar-refractivity contribution in [3.63, 3.8) is 0 Å². The maximum atomic E-state index is 11.9. The van der Waals surface area contributed by atoms with E-state index in [-0.39, 0.29) is 18.1 Å². The average molecular weight is 233 g/mol. The van der Waals surface area contributed by atoms with Crippen molar-refractivity contribution in [1.29, 1.82) is 0 Å². The van der Waals surface area contributed by atoms with E-state index >= 15 is 0 Å². The van der Waals surface area contributed by atoms with Crippen LogP contribution in [0.4, 0.5) is 0 Å². The third-order valence-electron chi connectivity index (χ3n) is 2.81. The summed E-state index contributed by atoms with van der Waals surface area (Å²) in [6, 6.07) is 0. The minimum atomic E-state index is -3.26. The van der Waals surface area contributed by atoms with E-state index < -0.39 is 15.6 Å². The lowest BCUT2D eigenvalue weighted by Gasteiger charge is -2.40. The first-order valence-electron chi connectivity index (χ1n) is 5.32. The van der Waals surface area contributed by atoms with Crippen LogP contribution in [0.15, 0.2) is 0 Å². The molecule has 5 heteroatoms. The first-order valence-corrected chi connectivity index (χ1v) is 6.93. The number of rotatable bonds is 3. The highest BCUT2D eigenvalue weighted by molar-refractivity contribution is 7.89. The van der Waals surface area contributed by atoms with Crippen molar-refractivity contribution in [3.8, 4) is 0 Å². The highest BCUT2D eigenvalue weighted by atomic mass is 32.2. The summed E-state index contributed by atoms with van der Waals surface area (Å²) in [6.07, 6.45) is 1.70. The summed E-state index contributed by atoms with van der Waals surface area (Å²) >= 11 is 0. The van der Waals surface area contributed by atoms with E-state index in [9.17, 15) is 13.2 Å². The number of carbonyl (C=O) groups excluding carboxylic acids is 1. The van der Waals surface area contributed by atoms with Crippen molar-refractivity contribution in [2.24, 2.45) is 0 Å². The van der Waals surface area contributed by atoms with Gasteiger partial charge in [-0.1, -0.05) is 6.92 Å². The molecule has 0 radical (unpaired) electrons. The van der Waals surface area contributed by atoms with E-state index in [0.29, 0.717) is 19.3 Å². The molecule has 0 N–H and O–H groups in total. The van der Waals surface area contributed by atoms with E-state index in [0.717, 1.165) is 0 Å². The molecule has 0 atom stereocenters. The summed E-state index contributed by atoms with van der Waals surface area (Å²) in [7, 11) is -3.26. The second kappa shape index (κ2) is 4.22. The lowest BCUT2D eigenvalue weighted by atomic mass is 9.93. The number of piperidine rings is 1. The van der Waals surface area contributed by atoms with Crippen molar-refractivity contribution < 1.29 is 13.2 Å². The third-order valence-corrected chi connectivity index (χ3v) is 5.03. The number of ketones is 1. The van der Waals surface area contributed by atoms with Gasteiger partial charge in [0.1, 0.15) is 5.78 Å². The number of hydrogen-bond donors (Lipinski definition) is 0. The summed E-state index contributed by atoms with van der Waals surface area (Å²) in [4.78, 5) is 11.3. The fourth-order valence-electron chi connectivity index (χ4n) is 1.87. The van der Waals surface area contributed by atoms with Crippen molar-refractivity contribution in [2.45, 2.75) is 45.6 Å². The molecule has 4 nitrogen and oxygen atoms in total. The minimum Gasteiger partial charge on any atom is -0.298 e. The molecular formula is C10H19NO3S. The summed E-state index contributed by atoms with van der Waals surface area (Å²) in [5.41, 5.74) is -0.415. The highest BCUT2D eigenvalue weighted by Gasteiger charge is 2.40. The molecule has 0 aliphatic carbocycles. The number of nitrogens with zero attached hydrogens (tertiary/aromatic N) is 1. The van der Waals surface area contributed by atoms with E-state index in [1.807, 2.05) is 20.8 Å². The molecule has 0 unspecified atom stereocenters. The quantitative estimate of drug-likeness (QED) is 0.735. The molecule has 1 rings (SSSR count). The Kier molecular flexibility index (Phi) is 3.55. The maximum Gasteiger partial charge on any atom is 0.214 e. The lowest BCUT2D eigenvalue weighted by Crippen LogP contribution is -2.54. The molecular weight excluding hydrogens is 214 g/mol. The number of hydrogen-bond acceptors (Lipinski definition) is 3. The van der Waals surface area contributed by atoms with Crippen LogP contribution >= 0.6 is 0 Å². The summed E-state index contributed by atoms with van der Waals surface area (Å²) < 4.78 is 25.2. The number of carbonyl (C=O) groups is 1. The van der Waals surface area contributed by atoms with Gasteiger partial charge in [0.15, 0.2) is 0 Å². The molecule has 0 saturated carbocycles. The Morgan fingerprint density at radius 1 is 1.40 bits per heavy atom. The van der Waals surface area contributed by atoms with Gasteiger partial charge < -0.3 is 0 Å². The Morgan fingerprint density at radius 2 is 2.00 bits per heavy atom. The average Bonchev–Trinajstić information content (AvgIpc) is 2.09. The van der Waals surface area contributed by atoms with Crippen LogP contribution in [0.1, 0.15) is 40.0 Å². The summed E-state index contributed by atoms with van der Waals surface area (Å²) in [5, 5.41) is 0. The second-order valence-corrected chi connectivity index (χ2v) is 6.69. The Labute approximate surface area is 91.7 Å². The van der Waals surface area contributed by atoms with Crippen LogP contribution in [0.3, 0.4) is 0 Å². The molecule has 0 bridgehead atoms. The van der Waals surface area contributed by atoms with Gasteiger partial charge in [-0.15, -0.1) is 0 Å². The number of sulfonamides is 1. The monoisotopic (exact) mass is 233 g/mol. The van der Waals surface area contributed by atoms with Gasteiger partial charge in [-0.3, -0.25) is 4.79 Å². The van der Waals surface area contributed by atoms with Gasteiger partial charge in [-0.05, 0) is 26.7 Å². The SMILES string of the molecule is CCCS(=O)(=O)N1CC(=O)CCC1(C)C. The molecule has 0 spiro atoms. The van der Waals surface area contributed by atoms with Crippen LogP contribution in [0.25, 0.3) is 0 Å². The molecule has 0 aromatic rings. The van der Waals surface area contributed by atoms with E-state index in [2.05, 4.69) is 0 Å². The standard InChI is InChI=1S/C10H19NO3S/c1-4-7-15(13,14)11-8-9(12)5-6-10(11,2)3/h4-8H2,1-3H3. The summed E-state index contributed by atoms with van der Waals surface area (Å²) in [5.74, 6) is 0.151. The lowest BCUT2D eigenvalue weighted by molar-refractivity contribution is -0.123. The maximum absolute atomic E-state index is 11.9. The smallest absolute Gasteiger partial charge is 0.214 e. The van der Waals surface area contributed by atoms with Crippen LogP contribution in [0.2, 0.25) is 0 Å². The van der Waals surface area contributed by atoms with Gasteiger partial charge in [-0.25, -0.2) is 8.42 Å². The van der Waals surface area contributed by atoms with Crippen molar-refractivity contribution in [3.05, 3.63) is 0 Å². The minimum absolute atomic E-state index is 0.0222. The van der Waals surface area contributed by atoms with Gasteiger partial charge in [0.25, 0.3) is 0 Å². The van der Waals surface area contributed by atoms with Gasteiger partial charge in [-0.2, -0.15) is 4.31 Å². The Bertz CT molecular complexity index is 346. The molecule has 0 aromatic heterocycles. The zero-order valence-electron chi connectivity index (χ0n) is 9.62. The van der Waals surface area contributed by atoms with Crippen LogP contribution in [0.5, 0.6) is 0 Å². The molecule has 88 valence electrons. The Balaban J connectivity index is 2.95. The molecule has 0 aromatic carbocycles. The zero-order chi connectivity index (χ0) is 11.7. The van der Waals surface area contributed by atoms with Crippen molar-refractivity contribution in [1.82, 2.24) is 4.31 Å². The van der Waals surface area contributed by atoms with Gasteiger partial charge in [0, 0.05) is 12.0 Å². The first kappa shape index (κ1) is 12.6. The predicted octanol–water partition coefficient (Wildman–Crippen LogP) is 1.17. The number of Topliss-reactive ketones (excluding diaryl/α,β-unsaturated/α-hetero) is 1. The van der Waals surface area contributed by atoms with E-state index in [1.54, 1.807) is 0 Å². The second-order valence-electron chi connectivity index (χ2n) is 4.67. The molecule has 1 aliphatic heterocycles. The molecule has 15 heavy (non-hydrogen) atoms. The topological polar surface area (TPSA) is 54.5 Å². The summed E-state index contributed by atoms with van der Waals surface area (Å²) in [6.45, 7) is 5.64. The Morgan fingerprint density at radius 3 is 2.53 bits per heavy atom. The third kappa shape index (κ3) is 2.78. The molecule has 1 saturated heterocycles. The van der Waals surface area contributed by atoms with Crippen LogP contribution < -0.4 is 0 Å². The predicted molar refractivity (Wildman–Crippen MR) is 59.1 cm³/mol. The molecule has 1 fully saturated rings. The largest absolute Gasteiger partial charge is 0.298 e. The van der Waals surface area contributed by atoms with Crippen LogP contribution in [-0.4, -0.2) is 36.3 Å². The van der Waals surface area contributed by atoms with Crippen LogP contribution in [-0.2, 0) is 14.8 Å².